The SMILES string of the molecule is COCCCCNC(=O)C(C)Cl. The monoisotopic (exact) mass is 193 g/mol. The Labute approximate surface area is 78.4 Å². The first-order valence-electron chi connectivity index (χ1n) is 4.09. The van der Waals surface area contributed by atoms with Crippen LogP contribution in [0.4, 0.5) is 0 Å². The Morgan fingerprint density at radius 3 is 2.75 bits per heavy atom. The Hall–Kier alpha value is -0.280. The van der Waals surface area contributed by atoms with Crippen molar-refractivity contribution in [3.05, 3.63) is 0 Å². The first-order valence-corrected chi connectivity index (χ1v) is 4.53. The van der Waals surface area contributed by atoms with Gasteiger partial charge in [-0.3, -0.25) is 4.79 Å². The molecule has 0 aromatic rings. The molecule has 3 nitrogen and oxygen atoms in total. The maximum atomic E-state index is 10.9. The molecule has 0 saturated carbocycles. The summed E-state index contributed by atoms with van der Waals surface area (Å²) in [5.74, 6) is -0.103. The molecule has 1 N–H and O–H groups in total. The number of ether oxygens (including phenoxy) is 1. The molecular weight excluding hydrogens is 178 g/mol. The van der Waals surface area contributed by atoms with Gasteiger partial charge < -0.3 is 10.1 Å². The second-order valence-electron chi connectivity index (χ2n) is 2.61. The van der Waals surface area contributed by atoms with Crippen LogP contribution in [0.3, 0.4) is 0 Å². The summed E-state index contributed by atoms with van der Waals surface area (Å²) in [6.45, 7) is 3.08. The highest BCUT2D eigenvalue weighted by Crippen LogP contribution is 1.93. The maximum absolute atomic E-state index is 10.9. The summed E-state index contributed by atoms with van der Waals surface area (Å²) in [4.78, 5) is 10.9. The van der Waals surface area contributed by atoms with Gasteiger partial charge in [-0.2, -0.15) is 0 Å². The lowest BCUT2D eigenvalue weighted by atomic mass is 10.3. The number of methoxy groups -OCH3 is 1. The summed E-state index contributed by atoms with van der Waals surface area (Å²) in [5, 5.41) is 2.28. The molecule has 0 fully saturated rings. The smallest absolute Gasteiger partial charge is 0.237 e. The van der Waals surface area contributed by atoms with E-state index in [0.29, 0.717) is 6.54 Å². The van der Waals surface area contributed by atoms with Gasteiger partial charge in [-0.25, -0.2) is 0 Å². The standard InChI is InChI=1S/C8H16ClNO2/c1-7(9)8(11)10-5-3-4-6-12-2/h7H,3-6H2,1-2H3,(H,10,11). The molecule has 0 bridgehead atoms. The van der Waals surface area contributed by atoms with Crippen molar-refractivity contribution in [1.29, 1.82) is 0 Å². The number of alkyl halides is 1. The number of halogens is 1. The van der Waals surface area contributed by atoms with Crippen molar-refractivity contribution >= 4 is 17.5 Å². The van der Waals surface area contributed by atoms with Crippen LogP contribution in [0.5, 0.6) is 0 Å². The van der Waals surface area contributed by atoms with Gasteiger partial charge in [0.2, 0.25) is 5.91 Å². The van der Waals surface area contributed by atoms with Crippen LogP contribution in [0.15, 0.2) is 0 Å². The van der Waals surface area contributed by atoms with Crippen LogP contribution >= 0.6 is 11.6 Å². The fourth-order valence-electron chi connectivity index (χ4n) is 0.724. The normalized spacial score (nSPS) is 12.6. The van der Waals surface area contributed by atoms with Gasteiger partial charge in [0.15, 0.2) is 0 Å². The summed E-state index contributed by atoms with van der Waals surface area (Å²) in [6.07, 6.45) is 1.90. The summed E-state index contributed by atoms with van der Waals surface area (Å²) in [7, 11) is 1.67. The van der Waals surface area contributed by atoms with E-state index >= 15 is 0 Å². The Morgan fingerprint density at radius 2 is 2.25 bits per heavy atom. The van der Waals surface area contributed by atoms with Gasteiger partial charge in [0.05, 0.1) is 0 Å². The number of carbonyl (C=O) groups is 1. The van der Waals surface area contributed by atoms with Crippen molar-refractivity contribution in [3.63, 3.8) is 0 Å². The molecule has 12 heavy (non-hydrogen) atoms. The topological polar surface area (TPSA) is 38.3 Å². The summed E-state index contributed by atoms with van der Waals surface area (Å²) in [6, 6.07) is 0. The molecule has 0 aliphatic carbocycles. The third kappa shape index (κ3) is 6.43. The number of unbranched alkanes of at least 4 members (excludes halogenated alkanes) is 1. The van der Waals surface area contributed by atoms with E-state index in [9.17, 15) is 4.79 Å². The van der Waals surface area contributed by atoms with E-state index in [2.05, 4.69) is 5.32 Å². The van der Waals surface area contributed by atoms with E-state index in [-0.39, 0.29) is 5.91 Å². The molecule has 0 aromatic heterocycles. The Bertz CT molecular complexity index is 128. The van der Waals surface area contributed by atoms with Crippen molar-refractivity contribution in [2.45, 2.75) is 25.1 Å². The zero-order valence-corrected chi connectivity index (χ0v) is 8.36. The number of hydrogen-bond acceptors (Lipinski definition) is 2. The third-order valence-electron chi connectivity index (χ3n) is 1.44. The lowest BCUT2D eigenvalue weighted by molar-refractivity contribution is -0.120. The second-order valence-corrected chi connectivity index (χ2v) is 3.26. The van der Waals surface area contributed by atoms with Crippen LogP contribution in [0.25, 0.3) is 0 Å². The zero-order chi connectivity index (χ0) is 9.40. The average Bonchev–Trinajstić information content (AvgIpc) is 2.03. The van der Waals surface area contributed by atoms with E-state index in [1.54, 1.807) is 14.0 Å². The fraction of sp³-hybridized carbons (Fsp3) is 0.875. The summed E-state index contributed by atoms with van der Waals surface area (Å²) >= 11 is 5.53. The van der Waals surface area contributed by atoms with Gasteiger partial charge in [-0.15, -0.1) is 11.6 Å². The van der Waals surface area contributed by atoms with Gasteiger partial charge >= 0.3 is 0 Å². The Kier molecular flexibility index (Phi) is 7.20. The van der Waals surface area contributed by atoms with Crippen LogP contribution in [-0.4, -0.2) is 31.5 Å². The zero-order valence-electron chi connectivity index (χ0n) is 7.60. The predicted octanol–water partition coefficient (Wildman–Crippen LogP) is 1.16. The van der Waals surface area contributed by atoms with Gasteiger partial charge in [0.25, 0.3) is 0 Å². The average molecular weight is 194 g/mol. The largest absolute Gasteiger partial charge is 0.385 e. The third-order valence-corrected chi connectivity index (χ3v) is 1.63. The molecule has 0 spiro atoms. The molecule has 0 radical (unpaired) electrons. The second kappa shape index (κ2) is 7.37. The highest BCUT2D eigenvalue weighted by molar-refractivity contribution is 6.30. The number of rotatable bonds is 6. The molecule has 72 valence electrons. The highest BCUT2D eigenvalue weighted by atomic mass is 35.5. The molecule has 0 aliphatic rings. The van der Waals surface area contributed by atoms with Gasteiger partial charge in [-0.05, 0) is 19.8 Å². The molecule has 0 heterocycles. The van der Waals surface area contributed by atoms with Crippen LogP contribution < -0.4 is 5.32 Å². The van der Waals surface area contributed by atoms with Crippen LogP contribution in [0.1, 0.15) is 19.8 Å². The van der Waals surface area contributed by atoms with Crippen molar-refractivity contribution < 1.29 is 9.53 Å². The molecule has 1 unspecified atom stereocenters. The molecule has 1 amide bonds. The summed E-state index contributed by atoms with van der Waals surface area (Å²) < 4.78 is 4.86. The highest BCUT2D eigenvalue weighted by Gasteiger charge is 2.06. The number of amides is 1. The summed E-state index contributed by atoms with van der Waals surface area (Å²) in [5.41, 5.74) is 0. The van der Waals surface area contributed by atoms with Crippen molar-refractivity contribution in [2.75, 3.05) is 20.3 Å². The molecular formula is C8H16ClNO2. The first kappa shape index (κ1) is 11.7. The molecule has 0 aliphatic heterocycles. The van der Waals surface area contributed by atoms with Crippen molar-refractivity contribution in [3.8, 4) is 0 Å². The molecule has 1 atom stereocenters. The molecule has 0 aromatic carbocycles. The van der Waals surface area contributed by atoms with Gasteiger partial charge in [0.1, 0.15) is 5.38 Å². The number of hydrogen-bond donors (Lipinski definition) is 1. The van der Waals surface area contributed by atoms with E-state index in [1.807, 2.05) is 0 Å². The van der Waals surface area contributed by atoms with Crippen LogP contribution in [0.2, 0.25) is 0 Å². The maximum Gasteiger partial charge on any atom is 0.237 e. The number of carbonyl (C=O) groups excluding carboxylic acids is 1. The van der Waals surface area contributed by atoms with Crippen molar-refractivity contribution in [1.82, 2.24) is 5.32 Å². The molecule has 0 saturated heterocycles. The minimum atomic E-state index is -0.438. The van der Waals surface area contributed by atoms with E-state index in [1.165, 1.54) is 0 Å². The van der Waals surface area contributed by atoms with Crippen LogP contribution in [0, 0.1) is 0 Å². The number of nitrogens with one attached hydrogen (secondary N) is 1. The van der Waals surface area contributed by atoms with E-state index in [4.69, 9.17) is 16.3 Å². The molecule has 0 rings (SSSR count). The Morgan fingerprint density at radius 1 is 1.58 bits per heavy atom. The van der Waals surface area contributed by atoms with E-state index < -0.39 is 5.38 Å². The minimum Gasteiger partial charge on any atom is -0.385 e. The Balaban J connectivity index is 3.14. The quantitative estimate of drug-likeness (QED) is 0.508. The molecule has 4 heteroatoms. The van der Waals surface area contributed by atoms with Gasteiger partial charge in [0, 0.05) is 20.3 Å². The lowest BCUT2D eigenvalue weighted by Crippen LogP contribution is -2.30. The minimum absolute atomic E-state index is 0.103. The van der Waals surface area contributed by atoms with Crippen molar-refractivity contribution in [2.24, 2.45) is 0 Å². The van der Waals surface area contributed by atoms with Crippen LogP contribution in [-0.2, 0) is 9.53 Å². The van der Waals surface area contributed by atoms with Gasteiger partial charge in [-0.1, -0.05) is 0 Å². The lowest BCUT2D eigenvalue weighted by Gasteiger charge is -2.05. The predicted molar refractivity (Wildman–Crippen MR) is 49.4 cm³/mol. The fourth-order valence-corrected chi connectivity index (χ4v) is 0.801. The first-order chi connectivity index (χ1) is 5.68. The van der Waals surface area contributed by atoms with E-state index in [0.717, 1.165) is 19.4 Å².